The maximum atomic E-state index is 13.7. The summed E-state index contributed by atoms with van der Waals surface area (Å²) < 4.78 is 44.8. The number of hydrogen-bond acceptors (Lipinski definition) is 9. The number of imidazole rings is 1. The molecule has 0 aliphatic rings. The molecule has 0 spiro atoms. The molecule has 3 N–H and O–H groups in total. The minimum absolute atomic E-state index is 0.0698. The van der Waals surface area contributed by atoms with Crippen LogP contribution in [0.15, 0.2) is 6.33 Å². The summed E-state index contributed by atoms with van der Waals surface area (Å²) in [6, 6.07) is -0.840. The zero-order chi connectivity index (χ0) is 30.3. The van der Waals surface area contributed by atoms with Gasteiger partial charge in [0.05, 0.1) is 6.33 Å². The molecule has 228 valence electrons. The van der Waals surface area contributed by atoms with E-state index in [2.05, 4.69) is 39.8 Å². The predicted molar refractivity (Wildman–Crippen MR) is 156 cm³/mol. The summed E-state index contributed by atoms with van der Waals surface area (Å²) in [5.41, 5.74) is 4.95. The first-order valence-electron chi connectivity index (χ1n) is 14.4. The highest BCUT2D eigenvalue weighted by atomic mass is 31.1. The van der Waals surface area contributed by atoms with Crippen molar-refractivity contribution in [1.82, 2.24) is 24.6 Å². The lowest BCUT2D eigenvalue weighted by atomic mass is 10.0. The van der Waals surface area contributed by atoms with E-state index >= 15 is 0 Å². The van der Waals surface area contributed by atoms with Gasteiger partial charge in [-0.15, -0.1) is 10.9 Å². The highest BCUT2D eigenvalue weighted by Gasteiger charge is 2.35. The minimum atomic E-state index is -2.46. The minimum Gasteiger partial charge on any atom is -0.461 e. The molecule has 41 heavy (non-hydrogen) atoms. The second-order valence-electron chi connectivity index (χ2n) is 10.2. The molecule has 11 nitrogen and oxygen atoms in total. The van der Waals surface area contributed by atoms with E-state index in [9.17, 15) is 13.8 Å². The normalized spacial score (nSPS) is 14.1. The van der Waals surface area contributed by atoms with Gasteiger partial charge in [0.1, 0.15) is 24.3 Å². The fourth-order valence-electron chi connectivity index (χ4n) is 4.35. The van der Waals surface area contributed by atoms with E-state index in [1.165, 1.54) is 13.4 Å². The molecule has 13 heteroatoms. The number of unbranched alkanes of at least 4 members (excludes halogenated alkanes) is 6. The molecule has 0 amide bonds. The number of rotatable bonds is 21. The quantitative estimate of drug-likeness (QED) is 0.0628. The van der Waals surface area contributed by atoms with Crippen LogP contribution in [0.3, 0.4) is 0 Å². The van der Waals surface area contributed by atoms with Gasteiger partial charge >= 0.3 is 20.2 Å². The molecule has 1 unspecified atom stereocenters. The van der Waals surface area contributed by atoms with E-state index in [0.29, 0.717) is 0 Å². The van der Waals surface area contributed by atoms with Crippen molar-refractivity contribution in [2.75, 3.05) is 19.5 Å². The number of aryl methyl sites for hydroxylation is 1. The molecule has 2 rings (SSSR count). The number of halogens is 1. The van der Waals surface area contributed by atoms with Gasteiger partial charge in [-0.25, -0.2) is 4.98 Å². The Morgan fingerprint density at radius 2 is 1.85 bits per heavy atom. The number of hydrogen-bond donors (Lipinski definition) is 2. The smallest absolute Gasteiger partial charge is 0.461 e. The van der Waals surface area contributed by atoms with Crippen LogP contribution in [0.2, 0.25) is 0 Å². The molecule has 0 aromatic carbocycles. The van der Waals surface area contributed by atoms with Crippen LogP contribution >= 0.6 is 8.18 Å². The van der Waals surface area contributed by atoms with Crippen molar-refractivity contribution >= 4 is 31.1 Å². The molecule has 2 aromatic rings. The van der Waals surface area contributed by atoms with Gasteiger partial charge in [0.15, 0.2) is 17.1 Å². The van der Waals surface area contributed by atoms with Crippen molar-refractivity contribution in [3.63, 3.8) is 0 Å². The molecule has 0 bridgehead atoms. The number of fused-ring (bicyclic) bond motifs is 1. The number of ether oxygens (including phenoxy) is 2. The zero-order valence-corrected chi connectivity index (χ0v) is 25.6. The number of aromatic nitrogens is 4. The maximum Gasteiger partial charge on any atom is 0.613 e. The van der Waals surface area contributed by atoms with Gasteiger partial charge < -0.3 is 19.8 Å². The van der Waals surface area contributed by atoms with Gasteiger partial charge in [-0.1, -0.05) is 63.4 Å². The molecular formula is C28H45FN6O5P+. The van der Waals surface area contributed by atoms with Crippen LogP contribution in [0.1, 0.15) is 91.4 Å². The zero-order valence-electron chi connectivity index (χ0n) is 24.7. The van der Waals surface area contributed by atoms with E-state index in [0.717, 1.165) is 64.2 Å². The Balaban J connectivity index is 1.90. The Labute approximate surface area is 243 Å². The second-order valence-corrected chi connectivity index (χ2v) is 11.3. The number of nitrogen functional groups attached to an aromatic ring is 1. The third-order valence-corrected chi connectivity index (χ3v) is 7.95. The third-order valence-electron chi connectivity index (χ3n) is 6.98. The lowest BCUT2D eigenvalue weighted by Gasteiger charge is -2.24. The van der Waals surface area contributed by atoms with Crippen LogP contribution < -0.4 is 10.8 Å². The maximum absolute atomic E-state index is 13.7. The van der Waals surface area contributed by atoms with Gasteiger partial charge in [-0.2, -0.15) is 14.4 Å². The van der Waals surface area contributed by atoms with Crippen molar-refractivity contribution in [2.45, 2.75) is 116 Å². The summed E-state index contributed by atoms with van der Waals surface area (Å²) in [7, 11) is -1.05. The summed E-state index contributed by atoms with van der Waals surface area (Å²) in [5, 5.41) is 2.67. The standard InChI is InChI=1S/C28H45FN6O5P/c1-6-9-11-13-15-22(16-14-12-10-7-2)40-26(36)21(4)34-41(37)39-19-28(8-3,38-5)17-18-35-20-31-23-24(30)32-27(29)33-25(23)35/h3,20-22H,6-7,9-19H2,1-2,4-5H3,(H,34,37)(H2,30,32,33)/q+1/t21-,28-/m0/s1. The molecule has 0 aliphatic heterocycles. The molecule has 2 aromatic heterocycles. The Morgan fingerprint density at radius 1 is 1.20 bits per heavy atom. The number of nitrogens with one attached hydrogen (secondary N) is 1. The predicted octanol–water partition coefficient (Wildman–Crippen LogP) is 5.46. The van der Waals surface area contributed by atoms with Gasteiger partial charge in [0.2, 0.25) is 0 Å². The summed E-state index contributed by atoms with van der Waals surface area (Å²) in [5.74, 6) is 2.01. The molecule has 0 fully saturated rings. The van der Waals surface area contributed by atoms with Crippen LogP contribution in [-0.2, 0) is 29.9 Å². The van der Waals surface area contributed by atoms with Crippen molar-refractivity contribution in [1.29, 1.82) is 0 Å². The van der Waals surface area contributed by atoms with Crippen LogP contribution in [0.25, 0.3) is 11.2 Å². The average Bonchev–Trinajstić information content (AvgIpc) is 3.36. The number of carbonyl (C=O) groups excluding carboxylic acids is 1. The third kappa shape index (κ3) is 11.2. The molecule has 0 saturated carbocycles. The monoisotopic (exact) mass is 595 g/mol. The van der Waals surface area contributed by atoms with Crippen LogP contribution in [0.4, 0.5) is 10.2 Å². The summed E-state index contributed by atoms with van der Waals surface area (Å²) >= 11 is 0. The molecule has 0 aliphatic carbocycles. The Bertz CT molecular complexity index is 1150. The van der Waals surface area contributed by atoms with Crippen molar-refractivity contribution in [3.05, 3.63) is 12.4 Å². The Morgan fingerprint density at radius 3 is 2.44 bits per heavy atom. The fraction of sp³-hybridized carbons (Fsp3) is 0.714. The number of terminal acetylenes is 1. The number of esters is 1. The number of nitrogens with two attached hydrogens (primary N) is 1. The summed E-state index contributed by atoms with van der Waals surface area (Å²) in [6.45, 7) is 5.92. The second kappa shape index (κ2) is 18.0. The number of nitrogens with zero attached hydrogens (tertiary/aromatic N) is 4. The number of methoxy groups -OCH3 is 1. The van der Waals surface area contributed by atoms with Crippen molar-refractivity contribution in [3.8, 4) is 12.3 Å². The lowest BCUT2D eigenvalue weighted by Crippen LogP contribution is -2.37. The molecule has 3 atom stereocenters. The first-order valence-corrected chi connectivity index (χ1v) is 15.6. The molecule has 2 heterocycles. The summed E-state index contributed by atoms with van der Waals surface area (Å²) in [6.07, 6.45) is 16.8. The first kappa shape index (κ1) is 34.5. The average molecular weight is 596 g/mol. The number of carbonyl (C=O) groups is 1. The highest BCUT2D eigenvalue weighted by Crippen LogP contribution is 2.26. The van der Waals surface area contributed by atoms with E-state index in [1.807, 2.05) is 0 Å². The van der Waals surface area contributed by atoms with Gasteiger partial charge in [-0.05, 0) is 37.2 Å². The molecule has 0 saturated heterocycles. The van der Waals surface area contributed by atoms with Gasteiger partial charge in [0.25, 0.3) is 0 Å². The van der Waals surface area contributed by atoms with Crippen LogP contribution in [0, 0.1) is 18.4 Å². The van der Waals surface area contributed by atoms with Gasteiger partial charge in [0, 0.05) is 20.1 Å². The van der Waals surface area contributed by atoms with Crippen molar-refractivity contribution < 1.29 is 27.7 Å². The van der Waals surface area contributed by atoms with E-state index in [4.69, 9.17) is 26.2 Å². The highest BCUT2D eigenvalue weighted by molar-refractivity contribution is 7.36. The van der Waals surface area contributed by atoms with Crippen LogP contribution in [-0.4, -0.2) is 57.0 Å². The van der Waals surface area contributed by atoms with Crippen LogP contribution in [0.5, 0.6) is 0 Å². The van der Waals surface area contributed by atoms with Crippen molar-refractivity contribution in [2.24, 2.45) is 0 Å². The SMILES string of the molecule is C#C[C@](CCn1cnc2c(N)nc(F)nc21)(CO[P+](=O)N[C@@H](C)C(=O)OC(CCCCCC)CCCCCC)OC. The van der Waals surface area contributed by atoms with E-state index in [-0.39, 0.29) is 42.7 Å². The fourth-order valence-corrected chi connectivity index (χ4v) is 5.17. The van der Waals surface area contributed by atoms with E-state index < -0.39 is 31.9 Å². The largest absolute Gasteiger partial charge is 0.613 e. The Hall–Kier alpha value is -2.71. The first-order chi connectivity index (χ1) is 19.7. The van der Waals surface area contributed by atoms with E-state index in [1.54, 1.807) is 11.5 Å². The van der Waals surface area contributed by atoms with Gasteiger partial charge in [-0.3, -0.25) is 4.79 Å². The number of anilines is 1. The molecule has 0 radical (unpaired) electrons. The summed E-state index contributed by atoms with van der Waals surface area (Å²) in [4.78, 5) is 24.1. The molecular weight excluding hydrogens is 550 g/mol. The Kier molecular flexibility index (Phi) is 15.1. The lowest BCUT2D eigenvalue weighted by molar-refractivity contribution is -0.151. The topological polar surface area (TPSA) is 143 Å².